The topological polar surface area (TPSA) is 94.6 Å². The van der Waals surface area contributed by atoms with Gasteiger partial charge in [-0.1, -0.05) is 17.7 Å². The number of aromatic nitrogens is 2. The van der Waals surface area contributed by atoms with Crippen molar-refractivity contribution in [3.8, 4) is 17.6 Å². The minimum absolute atomic E-state index is 0.0818. The molecule has 0 spiro atoms. The van der Waals surface area contributed by atoms with Gasteiger partial charge in [0.25, 0.3) is 5.56 Å². The maximum Gasteiger partial charge on any atom is 0.270 e. The maximum absolute atomic E-state index is 12.8. The number of phenols is 1. The number of pyridine rings is 2. The van der Waals surface area contributed by atoms with E-state index in [4.69, 9.17) is 16.3 Å². The molecular weight excluding hydrogens is 418 g/mol. The molecule has 4 rings (SSSR count). The number of piperazine rings is 1. The fourth-order valence-corrected chi connectivity index (χ4v) is 4.15. The quantitative estimate of drug-likeness (QED) is 0.624. The van der Waals surface area contributed by atoms with E-state index < -0.39 is 0 Å². The van der Waals surface area contributed by atoms with Gasteiger partial charge >= 0.3 is 0 Å². The summed E-state index contributed by atoms with van der Waals surface area (Å²) in [7, 11) is 3.15. The molecule has 1 aliphatic heterocycles. The smallest absolute Gasteiger partial charge is 0.270 e. The first-order valence-electron chi connectivity index (χ1n) is 9.85. The highest BCUT2D eigenvalue weighted by Gasteiger charge is 2.25. The highest BCUT2D eigenvalue weighted by Crippen LogP contribution is 2.30. The normalized spacial score (nSPS) is 14.6. The van der Waals surface area contributed by atoms with Gasteiger partial charge in [-0.25, -0.2) is 4.98 Å². The largest absolute Gasteiger partial charge is 0.504 e. The Morgan fingerprint density at radius 1 is 1.23 bits per heavy atom. The van der Waals surface area contributed by atoms with Crippen molar-refractivity contribution in [2.24, 2.45) is 7.05 Å². The predicted octanol–water partition coefficient (Wildman–Crippen LogP) is 2.49. The van der Waals surface area contributed by atoms with E-state index in [9.17, 15) is 15.2 Å². The number of nitriles is 1. The second-order valence-electron chi connectivity index (χ2n) is 7.47. The van der Waals surface area contributed by atoms with Crippen molar-refractivity contribution in [2.75, 3.05) is 38.2 Å². The van der Waals surface area contributed by atoms with Gasteiger partial charge in [0.05, 0.1) is 18.3 Å². The van der Waals surface area contributed by atoms with Crippen LogP contribution in [0.4, 0.5) is 5.69 Å². The number of phenolic OH excluding ortho intramolecular Hbond substituents is 1. The maximum atomic E-state index is 12.8. The molecule has 2 aromatic heterocycles. The van der Waals surface area contributed by atoms with E-state index in [0.29, 0.717) is 47.3 Å². The summed E-state index contributed by atoms with van der Waals surface area (Å²) in [6.07, 6.45) is 0. The van der Waals surface area contributed by atoms with Crippen LogP contribution in [0.3, 0.4) is 0 Å². The minimum Gasteiger partial charge on any atom is -0.504 e. The van der Waals surface area contributed by atoms with Crippen LogP contribution < -0.4 is 15.2 Å². The molecule has 9 heteroatoms. The third-order valence-electron chi connectivity index (χ3n) is 5.63. The lowest BCUT2D eigenvalue weighted by molar-refractivity contribution is 0.249. The van der Waals surface area contributed by atoms with Gasteiger partial charge in [0.15, 0.2) is 11.5 Å². The lowest BCUT2D eigenvalue weighted by Gasteiger charge is -2.36. The standard InChI is InChI=1S/C22H22ClN5O3/c1-26-16-4-6-19(23)25-20(16)21(15(12-24)22(26)30)28-9-7-27(8-10-28)13-14-3-5-18(31-2)17(29)11-14/h3-6,11,29H,7-10,13H2,1-2H3. The first kappa shape index (κ1) is 21.0. The van der Waals surface area contributed by atoms with Crippen LogP contribution in [0.1, 0.15) is 11.1 Å². The van der Waals surface area contributed by atoms with E-state index in [1.165, 1.54) is 11.7 Å². The first-order valence-corrected chi connectivity index (χ1v) is 10.2. The summed E-state index contributed by atoms with van der Waals surface area (Å²) < 4.78 is 6.53. The summed E-state index contributed by atoms with van der Waals surface area (Å²) in [6.45, 7) is 3.41. The van der Waals surface area contributed by atoms with Crippen molar-refractivity contribution >= 4 is 28.3 Å². The van der Waals surface area contributed by atoms with Gasteiger partial charge in [-0.2, -0.15) is 5.26 Å². The van der Waals surface area contributed by atoms with Crippen LogP contribution in [0.5, 0.6) is 11.5 Å². The Labute approximate surface area is 184 Å². The summed E-state index contributed by atoms with van der Waals surface area (Å²) in [6, 6.07) is 10.9. The third-order valence-corrected chi connectivity index (χ3v) is 5.84. The van der Waals surface area contributed by atoms with Gasteiger partial charge in [-0.3, -0.25) is 9.69 Å². The monoisotopic (exact) mass is 439 g/mol. The zero-order valence-corrected chi connectivity index (χ0v) is 18.1. The number of aromatic hydroxyl groups is 1. The van der Waals surface area contributed by atoms with Gasteiger partial charge in [-0.15, -0.1) is 0 Å². The highest BCUT2D eigenvalue weighted by atomic mass is 35.5. The van der Waals surface area contributed by atoms with Crippen molar-refractivity contribution in [1.82, 2.24) is 14.5 Å². The Kier molecular flexibility index (Phi) is 5.72. The molecular formula is C22H22ClN5O3. The molecule has 0 saturated carbocycles. The number of rotatable bonds is 4. The van der Waals surface area contributed by atoms with Crippen LogP contribution in [-0.4, -0.2) is 52.8 Å². The second-order valence-corrected chi connectivity index (χ2v) is 7.86. The Balaban J connectivity index is 1.60. The molecule has 3 heterocycles. The molecule has 0 unspecified atom stereocenters. The van der Waals surface area contributed by atoms with E-state index >= 15 is 0 Å². The Morgan fingerprint density at radius 2 is 1.97 bits per heavy atom. The van der Waals surface area contributed by atoms with Crippen LogP contribution >= 0.6 is 11.6 Å². The van der Waals surface area contributed by atoms with Crippen LogP contribution in [0.25, 0.3) is 11.0 Å². The number of nitrogens with zero attached hydrogens (tertiary/aromatic N) is 5. The molecule has 8 nitrogen and oxygen atoms in total. The third kappa shape index (κ3) is 3.90. The molecule has 1 aromatic carbocycles. The van der Waals surface area contributed by atoms with Crippen LogP contribution in [-0.2, 0) is 13.6 Å². The summed E-state index contributed by atoms with van der Waals surface area (Å²) in [5.74, 6) is 0.563. The lowest BCUT2D eigenvalue weighted by Crippen LogP contribution is -2.47. The van der Waals surface area contributed by atoms with Crippen molar-refractivity contribution < 1.29 is 9.84 Å². The van der Waals surface area contributed by atoms with Crippen LogP contribution in [0.2, 0.25) is 5.15 Å². The number of anilines is 1. The Hall–Kier alpha value is -3.28. The van der Waals surface area contributed by atoms with Gasteiger partial charge in [-0.05, 0) is 29.8 Å². The number of methoxy groups -OCH3 is 1. The average Bonchev–Trinajstić information content (AvgIpc) is 2.77. The molecule has 1 aliphatic rings. The van der Waals surface area contributed by atoms with Crippen molar-refractivity contribution in [3.05, 3.63) is 57.0 Å². The summed E-state index contributed by atoms with van der Waals surface area (Å²) in [4.78, 5) is 21.5. The lowest BCUT2D eigenvalue weighted by atomic mass is 10.1. The number of fused-ring (bicyclic) bond motifs is 1. The van der Waals surface area contributed by atoms with Gasteiger partial charge in [0.2, 0.25) is 0 Å². The van der Waals surface area contributed by atoms with Gasteiger partial charge in [0.1, 0.15) is 22.3 Å². The molecule has 0 radical (unpaired) electrons. The van der Waals surface area contributed by atoms with Gasteiger partial charge in [0, 0.05) is 39.8 Å². The summed E-state index contributed by atoms with van der Waals surface area (Å²) in [5.41, 5.74) is 2.46. The molecule has 0 aliphatic carbocycles. The van der Waals surface area contributed by atoms with Crippen LogP contribution in [0.15, 0.2) is 35.1 Å². The van der Waals surface area contributed by atoms with E-state index in [2.05, 4.69) is 16.0 Å². The molecule has 0 bridgehead atoms. The molecule has 1 N–H and O–H groups in total. The zero-order valence-electron chi connectivity index (χ0n) is 17.3. The first-order chi connectivity index (χ1) is 14.9. The molecule has 160 valence electrons. The van der Waals surface area contributed by atoms with Gasteiger partial charge < -0.3 is 19.3 Å². The molecule has 1 fully saturated rings. The minimum atomic E-state index is -0.342. The number of hydrogen-bond donors (Lipinski definition) is 1. The number of halogens is 1. The molecule has 0 amide bonds. The Bertz CT molecular complexity index is 1240. The van der Waals surface area contributed by atoms with E-state index in [-0.39, 0.29) is 16.9 Å². The highest BCUT2D eigenvalue weighted by molar-refractivity contribution is 6.29. The number of benzene rings is 1. The molecule has 3 aromatic rings. The number of ether oxygens (including phenoxy) is 1. The SMILES string of the molecule is COc1ccc(CN2CCN(c3c(C#N)c(=O)n(C)c4ccc(Cl)nc34)CC2)cc1O. The predicted molar refractivity (Wildman–Crippen MR) is 119 cm³/mol. The fraction of sp³-hybridized carbons (Fsp3) is 0.318. The molecule has 0 atom stereocenters. The van der Waals surface area contributed by atoms with E-state index in [1.54, 1.807) is 31.3 Å². The van der Waals surface area contributed by atoms with Crippen molar-refractivity contribution in [2.45, 2.75) is 6.54 Å². The number of aryl methyl sites for hydroxylation is 1. The zero-order chi connectivity index (χ0) is 22.1. The van der Waals surface area contributed by atoms with Crippen molar-refractivity contribution in [3.63, 3.8) is 0 Å². The molecule has 31 heavy (non-hydrogen) atoms. The average molecular weight is 440 g/mol. The number of hydrogen-bond acceptors (Lipinski definition) is 7. The van der Waals surface area contributed by atoms with E-state index in [0.717, 1.165) is 18.7 Å². The summed E-state index contributed by atoms with van der Waals surface area (Å²) >= 11 is 6.13. The van der Waals surface area contributed by atoms with Crippen molar-refractivity contribution in [1.29, 1.82) is 5.26 Å². The summed E-state index contributed by atoms with van der Waals surface area (Å²) in [5, 5.41) is 20.0. The Morgan fingerprint density at radius 3 is 2.61 bits per heavy atom. The molecule has 1 saturated heterocycles. The second kappa shape index (κ2) is 8.46. The van der Waals surface area contributed by atoms with Crippen LogP contribution in [0, 0.1) is 11.3 Å². The van der Waals surface area contributed by atoms with E-state index in [1.807, 2.05) is 11.0 Å². The fourth-order valence-electron chi connectivity index (χ4n) is 4.00.